The summed E-state index contributed by atoms with van der Waals surface area (Å²) in [5, 5.41) is 9.11. The molecule has 0 unspecified atom stereocenters. The highest BCUT2D eigenvalue weighted by atomic mass is 16.4. The molecule has 23 heavy (non-hydrogen) atoms. The van der Waals surface area contributed by atoms with Gasteiger partial charge in [-0.2, -0.15) is 0 Å². The van der Waals surface area contributed by atoms with Crippen molar-refractivity contribution in [3.05, 3.63) is 35.4 Å². The number of hydrogen-bond acceptors (Lipinski definition) is 2. The van der Waals surface area contributed by atoms with Crippen molar-refractivity contribution < 1.29 is 9.90 Å². The van der Waals surface area contributed by atoms with Gasteiger partial charge < -0.3 is 14.9 Å². The molecule has 0 fully saturated rings. The van der Waals surface area contributed by atoms with Crippen molar-refractivity contribution in [1.82, 2.24) is 9.80 Å². The summed E-state index contributed by atoms with van der Waals surface area (Å²) in [5.41, 5.74) is 2.59. The Morgan fingerprint density at radius 3 is 2.48 bits per heavy atom. The van der Waals surface area contributed by atoms with Crippen LogP contribution in [0.1, 0.15) is 44.2 Å². The maximum Gasteiger partial charge on any atom is 0.407 e. The Hall–Kier alpha value is -1.55. The lowest BCUT2D eigenvalue weighted by Crippen LogP contribution is -2.31. The normalized spacial score (nSPS) is 13.8. The maximum absolute atomic E-state index is 11.1. The fourth-order valence-corrected chi connectivity index (χ4v) is 3.30. The molecule has 0 radical (unpaired) electrons. The van der Waals surface area contributed by atoms with Gasteiger partial charge in [-0.3, -0.25) is 0 Å². The van der Waals surface area contributed by atoms with Crippen molar-refractivity contribution in [2.24, 2.45) is 5.92 Å². The van der Waals surface area contributed by atoms with E-state index in [1.54, 1.807) is 0 Å². The molecule has 0 aliphatic carbocycles. The fraction of sp³-hybridized carbons (Fsp3) is 0.632. The zero-order valence-corrected chi connectivity index (χ0v) is 15.2. The fourth-order valence-electron chi connectivity index (χ4n) is 3.30. The molecular weight excluding hydrogens is 288 g/mol. The van der Waals surface area contributed by atoms with E-state index in [1.165, 1.54) is 16.0 Å². The molecule has 4 nitrogen and oxygen atoms in total. The first-order chi connectivity index (χ1) is 10.9. The van der Waals surface area contributed by atoms with Gasteiger partial charge in [-0.15, -0.1) is 0 Å². The molecule has 0 heterocycles. The summed E-state index contributed by atoms with van der Waals surface area (Å²) in [6.07, 6.45) is 1.05. The third-order valence-corrected chi connectivity index (χ3v) is 4.48. The lowest BCUT2D eigenvalue weighted by Gasteiger charge is -2.26. The smallest absolute Gasteiger partial charge is 0.407 e. The topological polar surface area (TPSA) is 43.8 Å². The zero-order valence-electron chi connectivity index (χ0n) is 15.2. The summed E-state index contributed by atoms with van der Waals surface area (Å²) >= 11 is 0. The van der Waals surface area contributed by atoms with Crippen LogP contribution in [0.25, 0.3) is 0 Å². The van der Waals surface area contributed by atoms with Crippen LogP contribution >= 0.6 is 0 Å². The van der Waals surface area contributed by atoms with E-state index >= 15 is 0 Å². The molecule has 0 aliphatic rings. The van der Waals surface area contributed by atoms with E-state index in [0.717, 1.165) is 19.4 Å². The summed E-state index contributed by atoms with van der Waals surface area (Å²) in [6.45, 7) is 8.59. The molecule has 0 aromatic heterocycles. The summed E-state index contributed by atoms with van der Waals surface area (Å²) in [5.74, 6) is 1.13. The van der Waals surface area contributed by atoms with Crippen LogP contribution < -0.4 is 0 Å². The van der Waals surface area contributed by atoms with E-state index in [9.17, 15) is 4.79 Å². The van der Waals surface area contributed by atoms with Crippen molar-refractivity contribution in [3.8, 4) is 0 Å². The second-order valence-electron chi connectivity index (χ2n) is 6.61. The minimum atomic E-state index is -0.838. The number of nitrogens with zero attached hydrogens (tertiary/aromatic N) is 2. The predicted octanol–water partition coefficient (Wildman–Crippen LogP) is 3.92. The number of carboxylic acid groups (broad SMARTS) is 1. The van der Waals surface area contributed by atoms with Crippen molar-refractivity contribution in [2.75, 3.05) is 33.7 Å². The maximum atomic E-state index is 11.1. The summed E-state index contributed by atoms with van der Waals surface area (Å²) in [6, 6.07) is 8.67. The summed E-state index contributed by atoms with van der Waals surface area (Å²) < 4.78 is 0. The van der Waals surface area contributed by atoms with E-state index in [1.807, 2.05) is 6.92 Å². The molecule has 1 amide bonds. The number of hydrogen-bond donors (Lipinski definition) is 1. The highest BCUT2D eigenvalue weighted by Crippen LogP contribution is 2.29. The molecule has 130 valence electrons. The van der Waals surface area contributed by atoms with Crippen molar-refractivity contribution in [2.45, 2.75) is 39.5 Å². The van der Waals surface area contributed by atoms with Gasteiger partial charge in [0.05, 0.1) is 0 Å². The molecule has 1 N–H and O–H groups in total. The third-order valence-electron chi connectivity index (χ3n) is 4.48. The van der Waals surface area contributed by atoms with Crippen LogP contribution in [-0.2, 0) is 6.42 Å². The van der Waals surface area contributed by atoms with Gasteiger partial charge in [-0.1, -0.05) is 38.1 Å². The van der Waals surface area contributed by atoms with Gasteiger partial charge in [0, 0.05) is 19.6 Å². The van der Waals surface area contributed by atoms with E-state index < -0.39 is 6.09 Å². The lowest BCUT2D eigenvalue weighted by atomic mass is 9.84. The van der Waals surface area contributed by atoms with Gasteiger partial charge in [0.25, 0.3) is 0 Å². The van der Waals surface area contributed by atoms with Gasteiger partial charge >= 0.3 is 6.09 Å². The largest absolute Gasteiger partial charge is 0.465 e. The van der Waals surface area contributed by atoms with Gasteiger partial charge in [0.15, 0.2) is 0 Å². The number of benzene rings is 1. The van der Waals surface area contributed by atoms with E-state index in [2.05, 4.69) is 57.1 Å². The quantitative estimate of drug-likeness (QED) is 0.750. The Kier molecular flexibility index (Phi) is 8.10. The Bertz CT molecular complexity index is 488. The predicted molar refractivity (Wildman–Crippen MR) is 96.2 cm³/mol. The third kappa shape index (κ3) is 6.22. The number of amides is 1. The molecular formula is C19H32N2O2. The van der Waals surface area contributed by atoms with Crippen LogP contribution in [0.15, 0.2) is 24.3 Å². The highest BCUT2D eigenvalue weighted by Gasteiger charge is 2.18. The average molecular weight is 320 g/mol. The van der Waals surface area contributed by atoms with Crippen LogP contribution in [0.5, 0.6) is 0 Å². The molecule has 2 atom stereocenters. The van der Waals surface area contributed by atoms with Crippen LogP contribution in [0.4, 0.5) is 4.79 Å². The van der Waals surface area contributed by atoms with E-state index in [4.69, 9.17) is 5.11 Å². The van der Waals surface area contributed by atoms with Gasteiger partial charge in [0.2, 0.25) is 0 Å². The number of likely N-dealkylation sites (N-methyl/N-ethyl adjacent to an activating group) is 1. The van der Waals surface area contributed by atoms with Crippen molar-refractivity contribution >= 4 is 6.09 Å². The van der Waals surface area contributed by atoms with Gasteiger partial charge in [-0.25, -0.2) is 4.79 Å². The van der Waals surface area contributed by atoms with Crippen LogP contribution in [0.2, 0.25) is 0 Å². The molecule has 1 rings (SSSR count). The lowest BCUT2D eigenvalue weighted by molar-refractivity contribution is 0.148. The second kappa shape index (κ2) is 9.56. The Morgan fingerprint density at radius 1 is 1.26 bits per heavy atom. The van der Waals surface area contributed by atoms with Gasteiger partial charge in [-0.05, 0) is 56.8 Å². The Balaban J connectivity index is 2.79. The first-order valence-electron chi connectivity index (χ1n) is 8.60. The monoisotopic (exact) mass is 320 g/mol. The standard InChI is InChI=1S/C19H32N2O2/c1-6-18(15(3)14-20(4)5)17-10-8-9-16(13-17)11-12-21(7-2)19(22)23/h8-10,13,15,18H,6-7,11-12,14H2,1-5H3,(H,22,23)/t15-,18+/m0/s1. The molecule has 0 spiro atoms. The Labute approximate surface area is 141 Å². The average Bonchev–Trinajstić information content (AvgIpc) is 2.48. The minimum absolute atomic E-state index is 0.534. The van der Waals surface area contributed by atoms with E-state index in [-0.39, 0.29) is 0 Å². The van der Waals surface area contributed by atoms with Crippen LogP contribution in [0, 0.1) is 5.92 Å². The summed E-state index contributed by atoms with van der Waals surface area (Å²) in [4.78, 5) is 14.8. The minimum Gasteiger partial charge on any atom is -0.465 e. The summed E-state index contributed by atoms with van der Waals surface area (Å²) in [7, 11) is 4.23. The van der Waals surface area contributed by atoms with E-state index in [0.29, 0.717) is 24.9 Å². The highest BCUT2D eigenvalue weighted by molar-refractivity contribution is 5.64. The zero-order chi connectivity index (χ0) is 17.4. The molecule has 0 bridgehead atoms. The molecule has 1 aromatic carbocycles. The molecule has 4 heteroatoms. The first kappa shape index (κ1) is 19.5. The molecule has 0 saturated heterocycles. The Morgan fingerprint density at radius 2 is 1.96 bits per heavy atom. The van der Waals surface area contributed by atoms with Crippen molar-refractivity contribution in [3.63, 3.8) is 0 Å². The van der Waals surface area contributed by atoms with Crippen LogP contribution in [-0.4, -0.2) is 54.7 Å². The second-order valence-corrected chi connectivity index (χ2v) is 6.61. The molecule has 1 aromatic rings. The van der Waals surface area contributed by atoms with Crippen molar-refractivity contribution in [1.29, 1.82) is 0 Å². The first-order valence-corrected chi connectivity index (χ1v) is 8.60. The van der Waals surface area contributed by atoms with Gasteiger partial charge in [0.1, 0.15) is 0 Å². The number of rotatable bonds is 9. The SMILES string of the molecule is CC[C@@H](c1cccc(CCN(CC)C(=O)O)c1)[C@@H](C)CN(C)C. The molecule has 0 saturated carbocycles. The van der Waals surface area contributed by atoms with Crippen LogP contribution in [0.3, 0.4) is 0 Å². The number of carbonyl (C=O) groups is 1. The molecule has 0 aliphatic heterocycles.